The van der Waals surface area contributed by atoms with E-state index in [1.807, 2.05) is 0 Å². The van der Waals surface area contributed by atoms with Crippen molar-refractivity contribution in [3.8, 4) is 0 Å². The van der Waals surface area contributed by atoms with Crippen LogP contribution >= 0.6 is 7.82 Å². The fourth-order valence-corrected chi connectivity index (χ4v) is 8.38. The first-order chi connectivity index (χ1) is 32.5. The number of phosphoric ester groups is 1. The predicted molar refractivity (Wildman–Crippen MR) is 271 cm³/mol. The molecular weight excluding hydrogens is 872 g/mol. The number of hydrogen-bond acceptors (Lipinski definition) is 11. The molecule has 0 aliphatic heterocycles. The Hall–Kier alpha value is -2.48. The first kappa shape index (κ1) is 62.5. The highest BCUT2D eigenvalue weighted by Gasteiger charge is 2.51. The number of allylic oxidation sites excluding steroid dienone is 14. The molecule has 0 amide bonds. The quantitative estimate of drug-likeness (QED) is 0.0147. The number of hydrogen-bond donors (Lipinski definition) is 6. The lowest BCUT2D eigenvalue weighted by Gasteiger charge is -2.41. The summed E-state index contributed by atoms with van der Waals surface area (Å²) in [4.78, 5) is 23.2. The van der Waals surface area contributed by atoms with E-state index < -0.39 is 63.1 Å². The highest BCUT2D eigenvalue weighted by molar-refractivity contribution is 7.47. The van der Waals surface area contributed by atoms with Crippen molar-refractivity contribution in [3.05, 3.63) is 85.1 Å². The van der Waals surface area contributed by atoms with E-state index in [1.165, 1.54) is 51.4 Å². The normalized spacial score (nSPS) is 22.0. The first-order valence-corrected chi connectivity index (χ1v) is 27.4. The number of esters is 1. The van der Waals surface area contributed by atoms with Crippen LogP contribution in [0.2, 0.25) is 0 Å². The maximum absolute atomic E-state index is 12.9. The maximum Gasteiger partial charge on any atom is 0.472 e. The molecule has 0 radical (unpaired) electrons. The summed E-state index contributed by atoms with van der Waals surface area (Å²) < 4.78 is 34.3. The van der Waals surface area contributed by atoms with Gasteiger partial charge in [0, 0.05) is 13.0 Å². The second-order valence-corrected chi connectivity index (χ2v) is 19.0. The maximum atomic E-state index is 12.9. The minimum Gasteiger partial charge on any atom is -0.457 e. The lowest BCUT2D eigenvalue weighted by Crippen LogP contribution is -2.64. The van der Waals surface area contributed by atoms with Crippen molar-refractivity contribution in [2.45, 2.75) is 230 Å². The first-order valence-electron chi connectivity index (χ1n) is 25.9. The Morgan fingerprint density at radius 3 is 1.34 bits per heavy atom. The van der Waals surface area contributed by atoms with Crippen LogP contribution < -0.4 is 0 Å². The van der Waals surface area contributed by atoms with Crippen LogP contribution in [-0.4, -0.2) is 98.9 Å². The molecule has 67 heavy (non-hydrogen) atoms. The average Bonchev–Trinajstić information content (AvgIpc) is 3.31. The Bertz CT molecular complexity index is 1420. The van der Waals surface area contributed by atoms with Crippen molar-refractivity contribution in [2.75, 3.05) is 19.8 Å². The van der Waals surface area contributed by atoms with Gasteiger partial charge in [0.05, 0.1) is 13.2 Å². The van der Waals surface area contributed by atoms with E-state index >= 15 is 0 Å². The number of carbonyl (C=O) groups is 1. The lowest BCUT2D eigenvalue weighted by molar-refractivity contribution is -0.220. The molecule has 6 unspecified atom stereocenters. The van der Waals surface area contributed by atoms with E-state index in [2.05, 4.69) is 98.9 Å². The Morgan fingerprint density at radius 1 is 0.493 bits per heavy atom. The van der Waals surface area contributed by atoms with Crippen molar-refractivity contribution in [2.24, 2.45) is 0 Å². The van der Waals surface area contributed by atoms with Crippen molar-refractivity contribution in [1.82, 2.24) is 0 Å². The van der Waals surface area contributed by atoms with Crippen molar-refractivity contribution in [3.63, 3.8) is 0 Å². The fraction of sp³-hybridized carbons (Fsp3) is 0.722. The van der Waals surface area contributed by atoms with E-state index in [0.717, 1.165) is 109 Å². The molecule has 0 heterocycles. The third-order valence-electron chi connectivity index (χ3n) is 11.5. The second kappa shape index (κ2) is 43.5. The summed E-state index contributed by atoms with van der Waals surface area (Å²) in [7, 11) is -5.03. The zero-order valence-corrected chi connectivity index (χ0v) is 42.3. The van der Waals surface area contributed by atoms with Crippen LogP contribution in [0.1, 0.15) is 187 Å². The summed E-state index contributed by atoms with van der Waals surface area (Å²) in [6.07, 6.45) is 46.4. The van der Waals surface area contributed by atoms with Crippen molar-refractivity contribution >= 4 is 13.8 Å². The van der Waals surface area contributed by atoms with E-state index in [0.29, 0.717) is 13.0 Å². The topological polar surface area (TPSA) is 192 Å². The summed E-state index contributed by atoms with van der Waals surface area (Å²) in [6.45, 7) is 4.09. The van der Waals surface area contributed by atoms with Gasteiger partial charge in [-0.25, -0.2) is 4.57 Å². The van der Waals surface area contributed by atoms with Gasteiger partial charge in [-0.2, -0.15) is 0 Å². The lowest BCUT2D eigenvalue weighted by atomic mass is 9.85. The molecule has 0 bridgehead atoms. The van der Waals surface area contributed by atoms with E-state index in [9.17, 15) is 39.8 Å². The number of aliphatic hydroxyl groups is 5. The summed E-state index contributed by atoms with van der Waals surface area (Å²) in [5.74, 6) is -0.497. The van der Waals surface area contributed by atoms with Crippen molar-refractivity contribution in [1.29, 1.82) is 0 Å². The smallest absolute Gasteiger partial charge is 0.457 e. The minimum absolute atomic E-state index is 0.0931. The van der Waals surface area contributed by atoms with Gasteiger partial charge < -0.3 is 39.9 Å². The molecule has 0 aromatic heterocycles. The highest BCUT2D eigenvalue weighted by Crippen LogP contribution is 2.47. The number of ether oxygens (including phenoxy) is 2. The number of carbonyl (C=O) groups excluding carboxylic acids is 1. The molecule has 6 N–H and O–H groups in total. The summed E-state index contributed by atoms with van der Waals surface area (Å²) in [6, 6.07) is 0. The van der Waals surface area contributed by atoms with Gasteiger partial charge >= 0.3 is 13.8 Å². The molecular formula is C54H93O12P. The van der Waals surface area contributed by atoms with Crippen LogP contribution in [0.25, 0.3) is 0 Å². The molecule has 0 spiro atoms. The molecule has 386 valence electrons. The van der Waals surface area contributed by atoms with Gasteiger partial charge in [0.1, 0.15) is 42.7 Å². The van der Waals surface area contributed by atoms with Crippen LogP contribution in [0, 0.1) is 0 Å². The molecule has 13 heteroatoms. The van der Waals surface area contributed by atoms with Gasteiger partial charge in [-0.3, -0.25) is 13.8 Å². The number of aliphatic hydroxyl groups excluding tert-OH is 5. The van der Waals surface area contributed by atoms with Gasteiger partial charge in [-0.1, -0.05) is 176 Å². The standard InChI is InChI=1S/C54H93O12P/c1-3-5-7-9-11-13-15-17-19-21-22-23-24-25-26-27-28-30-32-34-36-38-40-42-44-63-45-47(46-64-67(61,62)66-54-52(59)50(57)49(56)51(58)53(54)60)65-48(55)43-41-39-37-35-33-31-29-20-18-16-14-12-10-8-6-4-2/h5,7,11,13-14,16-17,19-20,22-23,25-26,29,47,49-54,56-60H,3-4,6,8-10,12,15,18,21,24,27-28,30-46H2,1-2H3,(H,61,62)/b7-5-,13-11-,16-14-,19-17-,23-22-,26-25-,29-20-. The van der Waals surface area contributed by atoms with Gasteiger partial charge in [-0.05, 0) is 89.9 Å². The predicted octanol–water partition coefficient (Wildman–Crippen LogP) is 11.7. The molecule has 1 aliphatic carbocycles. The molecule has 1 aliphatic rings. The second-order valence-electron chi connectivity index (χ2n) is 17.6. The SMILES string of the molecule is CC/C=C\C/C=C\C/C=C\C/C=C\C/C=C\CCCCCCCCCCOCC(COP(=O)(O)OC1C(O)C(O)C(O)C(O)C1O)OC(=O)CCCCCCC/C=C\C/C=C\CCCCCC. The zero-order chi connectivity index (χ0) is 49.1. The Balaban J connectivity index is 2.35. The van der Waals surface area contributed by atoms with Gasteiger partial charge in [0.25, 0.3) is 0 Å². The van der Waals surface area contributed by atoms with Crippen LogP contribution in [0.3, 0.4) is 0 Å². The van der Waals surface area contributed by atoms with E-state index in [-0.39, 0.29) is 13.0 Å². The third kappa shape index (κ3) is 35.3. The largest absolute Gasteiger partial charge is 0.472 e. The number of rotatable bonds is 43. The Morgan fingerprint density at radius 2 is 0.881 bits per heavy atom. The van der Waals surface area contributed by atoms with Gasteiger partial charge in [0.2, 0.25) is 0 Å². The molecule has 0 saturated heterocycles. The number of phosphoric acid groups is 1. The van der Waals surface area contributed by atoms with Crippen LogP contribution in [0.5, 0.6) is 0 Å². The molecule has 12 nitrogen and oxygen atoms in total. The van der Waals surface area contributed by atoms with Gasteiger partial charge in [0.15, 0.2) is 0 Å². The Kier molecular flexibility index (Phi) is 40.6. The summed E-state index contributed by atoms with van der Waals surface area (Å²) in [5, 5.41) is 50.3. The molecule has 1 rings (SSSR count). The molecule has 0 aromatic rings. The van der Waals surface area contributed by atoms with Crippen LogP contribution in [-0.2, 0) is 27.9 Å². The molecule has 1 saturated carbocycles. The molecule has 0 aromatic carbocycles. The monoisotopic (exact) mass is 965 g/mol. The zero-order valence-electron chi connectivity index (χ0n) is 41.4. The highest BCUT2D eigenvalue weighted by atomic mass is 31.2. The summed E-state index contributed by atoms with van der Waals surface area (Å²) >= 11 is 0. The average molecular weight is 965 g/mol. The van der Waals surface area contributed by atoms with Gasteiger partial charge in [-0.15, -0.1) is 0 Å². The molecule has 1 fully saturated rings. The summed E-state index contributed by atoms with van der Waals surface area (Å²) in [5.41, 5.74) is 0. The van der Waals surface area contributed by atoms with Crippen LogP contribution in [0.15, 0.2) is 85.1 Å². The van der Waals surface area contributed by atoms with Crippen LogP contribution in [0.4, 0.5) is 0 Å². The fourth-order valence-electron chi connectivity index (χ4n) is 7.41. The van der Waals surface area contributed by atoms with E-state index in [4.69, 9.17) is 18.5 Å². The number of unbranched alkanes of at least 4 members (excludes halogenated alkanes) is 17. The third-order valence-corrected chi connectivity index (χ3v) is 12.5. The van der Waals surface area contributed by atoms with E-state index in [1.54, 1.807) is 0 Å². The van der Waals surface area contributed by atoms with Crippen molar-refractivity contribution < 1.29 is 58.3 Å². The Labute approximate surface area is 405 Å². The minimum atomic E-state index is -5.03. The molecule has 6 atom stereocenters.